The van der Waals surface area contributed by atoms with Gasteiger partial charge >= 0.3 is 0 Å². The highest BCUT2D eigenvalue weighted by atomic mass is 32.2. The van der Waals surface area contributed by atoms with E-state index >= 15 is 4.39 Å². The molecule has 59 heavy (non-hydrogen) atoms. The van der Waals surface area contributed by atoms with Crippen LogP contribution in [-0.4, -0.2) is 60.3 Å². The van der Waals surface area contributed by atoms with Gasteiger partial charge in [0, 0.05) is 37.9 Å². The summed E-state index contributed by atoms with van der Waals surface area (Å²) in [4.78, 5) is 12.1. The van der Waals surface area contributed by atoms with Gasteiger partial charge in [0.05, 0.1) is 23.0 Å². The van der Waals surface area contributed by atoms with Gasteiger partial charge in [-0.25, -0.2) is 14.4 Å². The van der Waals surface area contributed by atoms with E-state index < -0.39 is 13.7 Å². The second-order valence-corrected chi connectivity index (χ2v) is 24.9. The number of benzene rings is 3. The Morgan fingerprint density at radius 2 is 1.71 bits per heavy atom. The van der Waals surface area contributed by atoms with Gasteiger partial charge in [0.1, 0.15) is 47.6 Å². The number of anilines is 1. The van der Waals surface area contributed by atoms with Gasteiger partial charge in [0.15, 0.2) is 6.79 Å². The standard InChI is InChI=1S/C48H60FN5O3SSi/c1-31(2)59(32(3)4,33(5)6)22-19-39-41(49)18-15-35-23-38(57-30-56-11)24-36(42(35)39)26-54-29-51-43-44(54)40(25-50)45(53-21-12-20-48(10,55)28-53)52-46(43)58-27-34-13-16-37(17-14-34)47(7,8)9/h13-18,23-24,29,31-33,55H,12,20-21,26-28,30H2,1-11H3. The van der Waals surface area contributed by atoms with Crippen LogP contribution >= 0.6 is 11.8 Å². The molecule has 0 saturated carbocycles. The van der Waals surface area contributed by atoms with Crippen LogP contribution in [0.2, 0.25) is 16.6 Å². The van der Waals surface area contributed by atoms with Crippen molar-refractivity contribution in [3.63, 3.8) is 0 Å². The molecule has 11 heteroatoms. The molecule has 2 aromatic heterocycles. The van der Waals surface area contributed by atoms with Crippen LogP contribution in [0.4, 0.5) is 10.2 Å². The van der Waals surface area contributed by atoms with Crippen LogP contribution in [0.3, 0.4) is 0 Å². The fourth-order valence-electron chi connectivity index (χ4n) is 9.06. The van der Waals surface area contributed by atoms with Gasteiger partial charge in [-0.1, -0.05) is 110 Å². The minimum atomic E-state index is -2.21. The Bertz CT molecular complexity index is 2400. The molecule has 3 heterocycles. The Morgan fingerprint density at radius 1 is 1.02 bits per heavy atom. The molecule has 0 bridgehead atoms. The Kier molecular flexibility index (Phi) is 13.2. The van der Waals surface area contributed by atoms with E-state index in [2.05, 4.69) is 104 Å². The Morgan fingerprint density at radius 3 is 2.32 bits per heavy atom. The van der Waals surface area contributed by atoms with Crippen molar-refractivity contribution in [2.75, 3.05) is 31.9 Å². The predicted octanol–water partition coefficient (Wildman–Crippen LogP) is 11.1. The quantitative estimate of drug-likeness (QED) is 0.0575. The lowest BCUT2D eigenvalue weighted by molar-refractivity contribution is 0.0446. The minimum absolute atomic E-state index is 0.0465. The monoisotopic (exact) mass is 833 g/mol. The molecule has 1 atom stereocenters. The molecular weight excluding hydrogens is 774 g/mol. The zero-order chi connectivity index (χ0) is 42.9. The van der Waals surface area contributed by atoms with Gasteiger partial charge in [-0.05, 0) is 82.1 Å². The summed E-state index contributed by atoms with van der Waals surface area (Å²) in [5.74, 6) is 4.83. The van der Waals surface area contributed by atoms with Crippen molar-refractivity contribution in [3.05, 3.63) is 88.5 Å². The molecule has 0 aliphatic carbocycles. The number of hydrogen-bond acceptors (Lipinski definition) is 8. The van der Waals surface area contributed by atoms with E-state index in [1.807, 2.05) is 28.5 Å². The molecule has 1 N–H and O–H groups in total. The lowest BCUT2D eigenvalue weighted by Gasteiger charge is -2.38. The predicted molar refractivity (Wildman–Crippen MR) is 242 cm³/mol. The number of ether oxygens (including phenoxy) is 2. The number of aliphatic hydroxyl groups is 1. The summed E-state index contributed by atoms with van der Waals surface area (Å²) in [5, 5.41) is 24.3. The van der Waals surface area contributed by atoms with E-state index in [0.717, 1.165) is 22.9 Å². The number of halogens is 1. The van der Waals surface area contributed by atoms with Gasteiger partial charge in [-0.15, -0.1) is 5.54 Å². The second-order valence-electron chi connectivity index (χ2n) is 18.4. The number of nitriles is 1. The van der Waals surface area contributed by atoms with Crippen molar-refractivity contribution in [2.45, 2.75) is 127 Å². The molecule has 0 spiro atoms. The molecule has 1 aliphatic heterocycles. The van der Waals surface area contributed by atoms with Crippen LogP contribution in [0.1, 0.15) is 110 Å². The minimum Gasteiger partial charge on any atom is -0.468 e. The highest BCUT2D eigenvalue weighted by Crippen LogP contribution is 2.42. The van der Waals surface area contributed by atoms with Gasteiger partial charge < -0.3 is 24.0 Å². The molecule has 8 nitrogen and oxygen atoms in total. The maximum Gasteiger partial charge on any atom is 0.188 e. The fraction of sp³-hybridized carbons (Fsp3) is 0.479. The van der Waals surface area contributed by atoms with E-state index in [1.54, 1.807) is 31.3 Å². The number of imidazole rings is 1. The van der Waals surface area contributed by atoms with Crippen LogP contribution in [0.5, 0.6) is 5.75 Å². The topological polar surface area (TPSA) is 96.4 Å². The van der Waals surface area contributed by atoms with Crippen molar-refractivity contribution in [1.29, 1.82) is 5.26 Å². The van der Waals surface area contributed by atoms with Crippen molar-refractivity contribution < 1.29 is 19.0 Å². The molecule has 1 unspecified atom stereocenters. The first-order valence-corrected chi connectivity index (χ1v) is 24.0. The van der Waals surface area contributed by atoms with Crippen LogP contribution in [0, 0.1) is 28.6 Å². The summed E-state index contributed by atoms with van der Waals surface area (Å²) in [6.07, 6.45) is 3.19. The number of piperidine rings is 1. The van der Waals surface area contributed by atoms with Gasteiger partial charge in [-0.2, -0.15) is 5.26 Å². The highest BCUT2D eigenvalue weighted by molar-refractivity contribution is 7.98. The van der Waals surface area contributed by atoms with Gasteiger partial charge in [-0.3, -0.25) is 0 Å². The third kappa shape index (κ3) is 9.20. The lowest BCUT2D eigenvalue weighted by atomic mass is 9.87. The normalized spacial score (nSPS) is 16.3. The van der Waals surface area contributed by atoms with Crippen LogP contribution in [0.15, 0.2) is 59.9 Å². The largest absolute Gasteiger partial charge is 0.468 e. The number of rotatable bonds is 12. The average molecular weight is 834 g/mol. The average Bonchev–Trinajstić information content (AvgIpc) is 3.59. The van der Waals surface area contributed by atoms with E-state index in [1.165, 1.54) is 11.6 Å². The molecular formula is C48H60FN5O3SSi. The maximum absolute atomic E-state index is 16.3. The molecule has 5 aromatic rings. The number of nitrogens with zero attached hydrogens (tertiary/aromatic N) is 5. The van der Waals surface area contributed by atoms with Gasteiger partial charge in [0.2, 0.25) is 0 Å². The van der Waals surface area contributed by atoms with Crippen molar-refractivity contribution in [3.8, 4) is 23.3 Å². The molecule has 3 aromatic carbocycles. The summed E-state index contributed by atoms with van der Waals surface area (Å²) in [5.41, 5.74) is 9.23. The summed E-state index contributed by atoms with van der Waals surface area (Å²) in [6, 6.07) is 18.3. The fourth-order valence-corrected chi connectivity index (χ4v) is 15.2. The zero-order valence-corrected chi connectivity index (χ0v) is 38.5. The number of hydrogen-bond donors (Lipinski definition) is 1. The van der Waals surface area contributed by atoms with Crippen LogP contribution < -0.4 is 9.64 Å². The molecule has 0 amide bonds. The number of fused-ring (bicyclic) bond motifs is 2. The first-order valence-electron chi connectivity index (χ1n) is 20.8. The first kappa shape index (κ1) is 44.2. The molecule has 1 saturated heterocycles. The Hall–Kier alpha value is -4.39. The lowest BCUT2D eigenvalue weighted by Crippen LogP contribution is -2.46. The van der Waals surface area contributed by atoms with Crippen molar-refractivity contribution >= 4 is 47.5 Å². The number of methoxy groups -OCH3 is 1. The van der Waals surface area contributed by atoms with E-state index in [-0.39, 0.29) is 24.6 Å². The summed E-state index contributed by atoms with van der Waals surface area (Å²) < 4.78 is 29.5. The first-order chi connectivity index (χ1) is 27.9. The molecule has 312 valence electrons. The molecule has 1 fully saturated rings. The van der Waals surface area contributed by atoms with Crippen molar-refractivity contribution in [1.82, 2.24) is 14.5 Å². The second kappa shape index (κ2) is 17.7. The summed E-state index contributed by atoms with van der Waals surface area (Å²) >= 11 is 1.58. The smallest absolute Gasteiger partial charge is 0.188 e. The van der Waals surface area contributed by atoms with E-state index in [4.69, 9.17) is 19.4 Å². The van der Waals surface area contributed by atoms with Crippen LogP contribution in [-0.2, 0) is 22.4 Å². The van der Waals surface area contributed by atoms with Crippen molar-refractivity contribution in [2.24, 2.45) is 0 Å². The number of aromatic nitrogens is 3. The zero-order valence-electron chi connectivity index (χ0n) is 36.7. The molecule has 6 rings (SSSR count). The number of pyridine rings is 1. The van der Waals surface area contributed by atoms with Crippen LogP contribution in [0.25, 0.3) is 21.8 Å². The Labute approximate surface area is 355 Å². The Balaban J connectivity index is 1.55. The summed E-state index contributed by atoms with van der Waals surface area (Å²) in [7, 11) is -0.640. The molecule has 1 aliphatic rings. The number of β-amino-alcohol motifs (C(OH)–C–C–N with tert-alkyl or cyclic N) is 1. The van der Waals surface area contributed by atoms with E-state index in [0.29, 0.717) is 86.0 Å². The third-order valence-corrected chi connectivity index (χ3v) is 19.4. The number of thioether (sulfide) groups is 1. The summed E-state index contributed by atoms with van der Waals surface area (Å²) in [6.45, 7) is 23.3. The highest BCUT2D eigenvalue weighted by Gasteiger charge is 2.42. The third-order valence-electron chi connectivity index (χ3n) is 12.1. The molecule has 0 radical (unpaired) electrons. The van der Waals surface area contributed by atoms with E-state index in [9.17, 15) is 10.4 Å². The SMILES string of the molecule is COCOc1cc(Cn2cnc3c(SCc4ccc(C(C)(C)C)cc4)nc(N4CCCC(C)(O)C4)c(C#N)c32)c2c(C#C[Si](C(C)C)(C(C)C)C(C)C)c(F)ccc2c1. The maximum atomic E-state index is 16.3. The van der Waals surface area contributed by atoms with Gasteiger partial charge in [0.25, 0.3) is 0 Å².